The fourth-order valence-electron chi connectivity index (χ4n) is 3.18. The lowest BCUT2D eigenvalue weighted by Gasteiger charge is -2.27. The van der Waals surface area contributed by atoms with Crippen LogP contribution in [-0.2, 0) is 16.1 Å². The number of hydrogen-bond donors (Lipinski definition) is 1. The molecule has 1 amide bonds. The maximum atomic E-state index is 12.2. The smallest absolute Gasteiger partial charge is 0.244 e. The van der Waals surface area contributed by atoms with Gasteiger partial charge in [-0.1, -0.05) is 42.5 Å². The molecular formula is C24H30N2O3. The fraction of sp³-hybridized carbons (Fsp3) is 0.375. The normalized spacial score (nSPS) is 15.9. The second-order valence-electron chi connectivity index (χ2n) is 7.33. The lowest BCUT2D eigenvalue weighted by Crippen LogP contribution is -2.40. The SMILES string of the molecule is CC(CCN1CCOCC1)NC(=O)/C=C/c1cccc(OCc2ccccc2)c1. The molecule has 1 N–H and O–H groups in total. The van der Waals surface area contributed by atoms with E-state index in [1.807, 2.05) is 67.6 Å². The van der Waals surface area contributed by atoms with E-state index in [1.54, 1.807) is 6.08 Å². The number of nitrogens with zero attached hydrogens (tertiary/aromatic N) is 1. The Morgan fingerprint density at radius 2 is 1.97 bits per heavy atom. The van der Waals surface area contributed by atoms with E-state index in [1.165, 1.54) is 0 Å². The molecule has 2 aromatic rings. The van der Waals surface area contributed by atoms with Gasteiger partial charge < -0.3 is 14.8 Å². The van der Waals surface area contributed by atoms with E-state index in [-0.39, 0.29) is 11.9 Å². The quantitative estimate of drug-likeness (QED) is 0.662. The highest BCUT2D eigenvalue weighted by atomic mass is 16.5. The molecule has 5 heteroatoms. The zero-order chi connectivity index (χ0) is 20.3. The standard InChI is InChI=1S/C24H30N2O3/c1-20(12-13-26-14-16-28-17-15-26)25-24(27)11-10-21-8-5-9-23(18-21)29-19-22-6-3-2-4-7-22/h2-11,18,20H,12-17,19H2,1H3,(H,25,27)/b11-10+. The molecule has 0 radical (unpaired) electrons. The molecule has 1 atom stereocenters. The van der Waals surface area contributed by atoms with Crippen molar-refractivity contribution >= 4 is 12.0 Å². The lowest BCUT2D eigenvalue weighted by atomic mass is 10.2. The van der Waals surface area contributed by atoms with E-state index < -0.39 is 0 Å². The van der Waals surface area contributed by atoms with Crippen LogP contribution in [-0.4, -0.2) is 49.7 Å². The minimum absolute atomic E-state index is 0.0740. The van der Waals surface area contributed by atoms with E-state index in [4.69, 9.17) is 9.47 Å². The lowest BCUT2D eigenvalue weighted by molar-refractivity contribution is -0.117. The molecule has 1 aliphatic heterocycles. The molecule has 1 fully saturated rings. The summed E-state index contributed by atoms with van der Waals surface area (Å²) in [6, 6.07) is 17.9. The zero-order valence-corrected chi connectivity index (χ0v) is 17.0. The second kappa shape index (κ2) is 11.4. The molecular weight excluding hydrogens is 364 g/mol. The van der Waals surface area contributed by atoms with Crippen molar-refractivity contribution in [2.75, 3.05) is 32.8 Å². The van der Waals surface area contributed by atoms with Gasteiger partial charge >= 0.3 is 0 Å². The largest absolute Gasteiger partial charge is 0.489 e. The van der Waals surface area contributed by atoms with Crippen molar-refractivity contribution in [3.05, 3.63) is 71.8 Å². The average Bonchev–Trinajstić information content (AvgIpc) is 2.77. The van der Waals surface area contributed by atoms with Gasteiger partial charge in [0.15, 0.2) is 0 Å². The maximum absolute atomic E-state index is 12.2. The van der Waals surface area contributed by atoms with Crippen molar-refractivity contribution in [1.29, 1.82) is 0 Å². The number of benzene rings is 2. The average molecular weight is 395 g/mol. The van der Waals surface area contributed by atoms with E-state index in [9.17, 15) is 4.79 Å². The number of ether oxygens (including phenoxy) is 2. The van der Waals surface area contributed by atoms with Gasteiger partial charge in [-0.15, -0.1) is 0 Å². The Labute approximate surface area is 173 Å². The van der Waals surface area contributed by atoms with Gasteiger partial charge in [0, 0.05) is 31.8 Å². The molecule has 0 spiro atoms. The van der Waals surface area contributed by atoms with Crippen LogP contribution in [0.1, 0.15) is 24.5 Å². The molecule has 1 heterocycles. The number of morpholine rings is 1. The Hall–Kier alpha value is -2.63. The third-order valence-corrected chi connectivity index (χ3v) is 4.90. The van der Waals surface area contributed by atoms with Crippen LogP contribution in [0.3, 0.4) is 0 Å². The summed E-state index contributed by atoms with van der Waals surface area (Å²) >= 11 is 0. The van der Waals surface area contributed by atoms with Crippen LogP contribution in [0.4, 0.5) is 0 Å². The van der Waals surface area contributed by atoms with Gasteiger partial charge in [-0.3, -0.25) is 9.69 Å². The highest BCUT2D eigenvalue weighted by molar-refractivity contribution is 5.91. The van der Waals surface area contributed by atoms with Crippen molar-refractivity contribution in [3.8, 4) is 5.75 Å². The van der Waals surface area contributed by atoms with Crippen LogP contribution in [0, 0.1) is 0 Å². The van der Waals surface area contributed by atoms with Gasteiger partial charge in [0.05, 0.1) is 13.2 Å². The predicted molar refractivity (Wildman–Crippen MR) is 116 cm³/mol. The maximum Gasteiger partial charge on any atom is 0.244 e. The number of carbonyl (C=O) groups is 1. The molecule has 29 heavy (non-hydrogen) atoms. The third-order valence-electron chi connectivity index (χ3n) is 4.90. The summed E-state index contributed by atoms with van der Waals surface area (Å²) in [5.41, 5.74) is 2.06. The first-order valence-corrected chi connectivity index (χ1v) is 10.2. The van der Waals surface area contributed by atoms with Crippen LogP contribution < -0.4 is 10.1 Å². The molecule has 0 bridgehead atoms. The Kier molecular flexibility index (Phi) is 8.28. The molecule has 154 valence electrons. The van der Waals surface area contributed by atoms with Crippen LogP contribution in [0.15, 0.2) is 60.7 Å². The monoisotopic (exact) mass is 394 g/mol. The first-order chi connectivity index (χ1) is 14.2. The molecule has 5 nitrogen and oxygen atoms in total. The highest BCUT2D eigenvalue weighted by Gasteiger charge is 2.12. The van der Waals surface area contributed by atoms with Crippen molar-refractivity contribution in [1.82, 2.24) is 10.2 Å². The summed E-state index contributed by atoms with van der Waals surface area (Å²) in [6.07, 6.45) is 4.34. The van der Waals surface area contributed by atoms with Gasteiger partial charge in [-0.2, -0.15) is 0 Å². The summed E-state index contributed by atoms with van der Waals surface area (Å²) in [7, 11) is 0. The molecule has 1 saturated heterocycles. The summed E-state index contributed by atoms with van der Waals surface area (Å²) in [6.45, 7) is 7.11. The van der Waals surface area contributed by atoms with E-state index in [0.717, 1.165) is 56.1 Å². The van der Waals surface area contributed by atoms with Crippen LogP contribution in [0.25, 0.3) is 6.08 Å². The Morgan fingerprint density at radius 3 is 2.76 bits per heavy atom. The number of carbonyl (C=O) groups excluding carboxylic acids is 1. The van der Waals surface area contributed by atoms with E-state index >= 15 is 0 Å². The summed E-state index contributed by atoms with van der Waals surface area (Å²) in [5, 5.41) is 3.04. The van der Waals surface area contributed by atoms with Gasteiger partial charge in [-0.25, -0.2) is 0 Å². The van der Waals surface area contributed by atoms with Gasteiger partial charge in [0.1, 0.15) is 12.4 Å². The van der Waals surface area contributed by atoms with E-state index in [0.29, 0.717) is 6.61 Å². The van der Waals surface area contributed by atoms with Crippen LogP contribution in [0.2, 0.25) is 0 Å². The minimum Gasteiger partial charge on any atom is -0.489 e. The fourth-order valence-corrected chi connectivity index (χ4v) is 3.18. The second-order valence-corrected chi connectivity index (χ2v) is 7.33. The number of amides is 1. The van der Waals surface area contributed by atoms with Crippen molar-refractivity contribution < 1.29 is 14.3 Å². The molecule has 0 aliphatic carbocycles. The molecule has 0 saturated carbocycles. The van der Waals surface area contributed by atoms with Crippen LogP contribution >= 0.6 is 0 Å². The summed E-state index contributed by atoms with van der Waals surface area (Å²) in [5.74, 6) is 0.713. The van der Waals surface area contributed by atoms with E-state index in [2.05, 4.69) is 10.2 Å². The van der Waals surface area contributed by atoms with Gasteiger partial charge in [0.2, 0.25) is 5.91 Å². The third kappa shape index (κ3) is 7.72. The Morgan fingerprint density at radius 1 is 1.17 bits per heavy atom. The molecule has 1 unspecified atom stereocenters. The molecule has 2 aromatic carbocycles. The highest BCUT2D eigenvalue weighted by Crippen LogP contribution is 2.16. The number of rotatable bonds is 9. The first kappa shape index (κ1) is 21.1. The number of nitrogens with one attached hydrogen (secondary N) is 1. The first-order valence-electron chi connectivity index (χ1n) is 10.2. The predicted octanol–water partition coefficient (Wildman–Crippen LogP) is 3.51. The summed E-state index contributed by atoms with van der Waals surface area (Å²) in [4.78, 5) is 14.6. The van der Waals surface area contributed by atoms with Crippen molar-refractivity contribution in [2.45, 2.75) is 26.0 Å². The van der Waals surface area contributed by atoms with Gasteiger partial charge in [-0.05, 0) is 42.7 Å². The zero-order valence-electron chi connectivity index (χ0n) is 17.0. The van der Waals surface area contributed by atoms with Crippen LogP contribution in [0.5, 0.6) is 5.75 Å². The summed E-state index contributed by atoms with van der Waals surface area (Å²) < 4.78 is 11.2. The Bertz CT molecular complexity index is 786. The Balaban J connectivity index is 1.43. The topological polar surface area (TPSA) is 50.8 Å². The minimum atomic E-state index is -0.0740. The number of hydrogen-bond acceptors (Lipinski definition) is 4. The molecule has 3 rings (SSSR count). The van der Waals surface area contributed by atoms with Crippen molar-refractivity contribution in [2.24, 2.45) is 0 Å². The van der Waals surface area contributed by atoms with Crippen molar-refractivity contribution in [3.63, 3.8) is 0 Å². The molecule has 0 aromatic heterocycles. The molecule has 1 aliphatic rings. The van der Waals surface area contributed by atoms with Gasteiger partial charge in [0.25, 0.3) is 0 Å².